The monoisotopic (exact) mass is 379 g/mol. The second kappa shape index (κ2) is 9.81. The van der Waals surface area contributed by atoms with Crippen LogP contribution in [0.4, 0.5) is 11.4 Å². The number of unbranched alkanes of at least 4 members (excludes halogenated alkanes) is 2. The van der Waals surface area contributed by atoms with E-state index in [1.54, 1.807) is 6.07 Å². The van der Waals surface area contributed by atoms with Gasteiger partial charge in [-0.1, -0.05) is 45.2 Å². The molecule has 0 spiro atoms. The first-order valence-corrected chi connectivity index (χ1v) is 9.93. The van der Waals surface area contributed by atoms with E-state index in [9.17, 15) is 9.59 Å². The van der Waals surface area contributed by atoms with Crippen molar-refractivity contribution in [3.8, 4) is 0 Å². The van der Waals surface area contributed by atoms with E-state index in [1.807, 2.05) is 30.9 Å². The molecule has 1 N–H and O–H groups in total. The zero-order chi connectivity index (χ0) is 19.1. The molecule has 5 nitrogen and oxygen atoms in total. The third-order valence-corrected chi connectivity index (χ3v) is 4.90. The summed E-state index contributed by atoms with van der Waals surface area (Å²) in [6.07, 6.45) is 3.57. The summed E-state index contributed by atoms with van der Waals surface area (Å²) >= 11 is 6.14. The molecule has 0 radical (unpaired) electrons. The van der Waals surface area contributed by atoms with E-state index in [0.717, 1.165) is 43.7 Å². The normalized spacial score (nSPS) is 14.7. The van der Waals surface area contributed by atoms with E-state index in [0.29, 0.717) is 24.5 Å². The Labute approximate surface area is 161 Å². The molecule has 1 saturated heterocycles. The summed E-state index contributed by atoms with van der Waals surface area (Å²) in [7, 11) is 0. The molecule has 0 aliphatic carbocycles. The molecule has 0 bridgehead atoms. The van der Waals surface area contributed by atoms with Crippen LogP contribution in [0.3, 0.4) is 0 Å². The second-order valence-corrected chi connectivity index (χ2v) is 7.57. The van der Waals surface area contributed by atoms with Gasteiger partial charge in [0.1, 0.15) is 0 Å². The van der Waals surface area contributed by atoms with Gasteiger partial charge in [-0.25, -0.2) is 0 Å². The number of anilines is 2. The molecule has 6 heteroatoms. The van der Waals surface area contributed by atoms with Crippen molar-refractivity contribution in [3.05, 3.63) is 23.2 Å². The number of carbonyl (C=O) groups is 2. The predicted molar refractivity (Wildman–Crippen MR) is 108 cm³/mol. The molecule has 0 unspecified atom stereocenters. The number of hydrogen-bond acceptors (Lipinski definition) is 3. The van der Waals surface area contributed by atoms with Crippen molar-refractivity contribution in [2.75, 3.05) is 36.4 Å². The minimum atomic E-state index is 0.0232. The summed E-state index contributed by atoms with van der Waals surface area (Å²) in [6.45, 7) is 8.88. The summed E-state index contributed by atoms with van der Waals surface area (Å²) in [5.74, 6) is 0.246. The molecule has 2 rings (SSSR count). The van der Waals surface area contributed by atoms with Crippen LogP contribution in [-0.2, 0) is 9.59 Å². The van der Waals surface area contributed by atoms with Gasteiger partial charge in [0.05, 0.1) is 11.4 Å². The van der Waals surface area contributed by atoms with E-state index >= 15 is 0 Å². The number of carbonyl (C=O) groups excluding carboxylic acids is 2. The number of halogens is 1. The lowest BCUT2D eigenvalue weighted by molar-refractivity contribution is -0.134. The first-order chi connectivity index (χ1) is 12.4. The van der Waals surface area contributed by atoms with Gasteiger partial charge >= 0.3 is 0 Å². The summed E-state index contributed by atoms with van der Waals surface area (Å²) in [5.41, 5.74) is 1.72. The quantitative estimate of drug-likeness (QED) is 0.723. The van der Waals surface area contributed by atoms with Gasteiger partial charge in [0.2, 0.25) is 11.8 Å². The Kier molecular flexibility index (Phi) is 7.76. The number of amides is 2. The molecule has 144 valence electrons. The average Bonchev–Trinajstić information content (AvgIpc) is 2.61. The summed E-state index contributed by atoms with van der Waals surface area (Å²) in [5, 5.41) is 3.62. The SMILES string of the molecule is CCCCCC(=O)Nc1cc(Cl)ccc1N1CCN(C(=O)C(C)C)CC1. The molecule has 0 aromatic heterocycles. The summed E-state index contributed by atoms with van der Waals surface area (Å²) in [6, 6.07) is 5.60. The molecule has 0 saturated carbocycles. The van der Waals surface area contributed by atoms with Crippen LogP contribution in [0.2, 0.25) is 5.02 Å². The Morgan fingerprint density at radius 1 is 1.15 bits per heavy atom. The van der Waals surface area contributed by atoms with Crippen molar-refractivity contribution in [1.29, 1.82) is 0 Å². The highest BCUT2D eigenvalue weighted by atomic mass is 35.5. The predicted octanol–water partition coefficient (Wildman–Crippen LogP) is 4.16. The van der Waals surface area contributed by atoms with Gasteiger partial charge in [0, 0.05) is 43.5 Å². The van der Waals surface area contributed by atoms with E-state index in [4.69, 9.17) is 11.6 Å². The molecule has 2 amide bonds. The zero-order valence-corrected chi connectivity index (χ0v) is 16.8. The number of hydrogen-bond donors (Lipinski definition) is 1. The van der Waals surface area contributed by atoms with Crippen molar-refractivity contribution >= 4 is 34.8 Å². The van der Waals surface area contributed by atoms with Crippen molar-refractivity contribution in [2.45, 2.75) is 46.5 Å². The molecule has 1 aliphatic rings. The van der Waals surface area contributed by atoms with E-state index in [2.05, 4.69) is 17.1 Å². The first-order valence-electron chi connectivity index (χ1n) is 9.55. The van der Waals surface area contributed by atoms with Crippen molar-refractivity contribution in [3.63, 3.8) is 0 Å². The van der Waals surface area contributed by atoms with Crippen LogP contribution < -0.4 is 10.2 Å². The molecule has 1 heterocycles. The molecule has 1 aromatic rings. The topological polar surface area (TPSA) is 52.7 Å². The highest BCUT2D eigenvalue weighted by Gasteiger charge is 2.24. The Morgan fingerprint density at radius 2 is 1.85 bits per heavy atom. The van der Waals surface area contributed by atoms with E-state index in [1.165, 1.54) is 0 Å². The molecule has 1 aliphatic heterocycles. The van der Waals surface area contributed by atoms with Crippen molar-refractivity contribution in [1.82, 2.24) is 4.90 Å². The fourth-order valence-electron chi connectivity index (χ4n) is 3.17. The minimum Gasteiger partial charge on any atom is -0.366 e. The van der Waals surface area contributed by atoms with Gasteiger partial charge in [0.15, 0.2) is 0 Å². The highest BCUT2D eigenvalue weighted by Crippen LogP contribution is 2.30. The number of nitrogens with one attached hydrogen (secondary N) is 1. The third kappa shape index (κ3) is 5.63. The van der Waals surface area contributed by atoms with Crippen LogP contribution in [-0.4, -0.2) is 42.9 Å². The standard InChI is InChI=1S/C20H30ClN3O2/c1-4-5-6-7-19(25)22-17-14-16(21)8-9-18(17)23-10-12-24(13-11-23)20(26)15(2)3/h8-9,14-15H,4-7,10-13H2,1-3H3,(H,22,25). The van der Waals surface area contributed by atoms with Crippen molar-refractivity contribution < 1.29 is 9.59 Å². The van der Waals surface area contributed by atoms with Crippen LogP contribution in [0.1, 0.15) is 46.5 Å². The maximum atomic E-state index is 12.2. The summed E-state index contributed by atoms with van der Waals surface area (Å²) in [4.78, 5) is 28.5. The summed E-state index contributed by atoms with van der Waals surface area (Å²) < 4.78 is 0. The van der Waals surface area contributed by atoms with Gasteiger partial charge in [0.25, 0.3) is 0 Å². The highest BCUT2D eigenvalue weighted by molar-refractivity contribution is 6.31. The van der Waals surface area contributed by atoms with E-state index in [-0.39, 0.29) is 17.7 Å². The third-order valence-electron chi connectivity index (χ3n) is 4.67. The number of nitrogens with zero attached hydrogens (tertiary/aromatic N) is 2. The number of piperazine rings is 1. The second-order valence-electron chi connectivity index (χ2n) is 7.13. The maximum Gasteiger partial charge on any atom is 0.225 e. The van der Waals surface area contributed by atoms with Gasteiger partial charge in [-0.2, -0.15) is 0 Å². The van der Waals surface area contributed by atoms with Gasteiger partial charge in [-0.05, 0) is 24.6 Å². The Hall–Kier alpha value is -1.75. The minimum absolute atomic E-state index is 0.0232. The van der Waals surface area contributed by atoms with Crippen LogP contribution >= 0.6 is 11.6 Å². The zero-order valence-electron chi connectivity index (χ0n) is 16.1. The Bertz CT molecular complexity index is 625. The van der Waals surface area contributed by atoms with E-state index < -0.39 is 0 Å². The molecular weight excluding hydrogens is 350 g/mol. The van der Waals surface area contributed by atoms with Crippen LogP contribution in [0.5, 0.6) is 0 Å². The maximum absolute atomic E-state index is 12.2. The smallest absolute Gasteiger partial charge is 0.225 e. The number of rotatable bonds is 7. The number of benzene rings is 1. The fourth-order valence-corrected chi connectivity index (χ4v) is 3.34. The fraction of sp³-hybridized carbons (Fsp3) is 0.600. The molecular formula is C20H30ClN3O2. The Morgan fingerprint density at radius 3 is 2.46 bits per heavy atom. The average molecular weight is 380 g/mol. The van der Waals surface area contributed by atoms with Gasteiger partial charge in [-0.15, -0.1) is 0 Å². The lowest BCUT2D eigenvalue weighted by Crippen LogP contribution is -2.50. The Balaban J connectivity index is 2.03. The van der Waals surface area contributed by atoms with Crippen LogP contribution in [0.25, 0.3) is 0 Å². The first kappa shape index (κ1) is 20.6. The van der Waals surface area contributed by atoms with Crippen LogP contribution in [0, 0.1) is 5.92 Å². The van der Waals surface area contributed by atoms with Gasteiger partial charge < -0.3 is 15.1 Å². The van der Waals surface area contributed by atoms with Crippen molar-refractivity contribution in [2.24, 2.45) is 5.92 Å². The van der Waals surface area contributed by atoms with Gasteiger partial charge in [-0.3, -0.25) is 9.59 Å². The lowest BCUT2D eigenvalue weighted by Gasteiger charge is -2.37. The van der Waals surface area contributed by atoms with Crippen LogP contribution in [0.15, 0.2) is 18.2 Å². The molecule has 0 atom stereocenters. The lowest BCUT2D eigenvalue weighted by atomic mass is 10.1. The molecule has 1 aromatic carbocycles. The molecule has 1 fully saturated rings. The molecule has 26 heavy (non-hydrogen) atoms. The largest absolute Gasteiger partial charge is 0.366 e.